The molecule has 1 aromatic rings. The lowest BCUT2D eigenvalue weighted by molar-refractivity contribution is -0.127. The second-order valence-corrected chi connectivity index (χ2v) is 4.33. The van der Waals surface area contributed by atoms with Crippen LogP contribution in [0, 0.1) is 0 Å². The molecule has 0 radical (unpaired) electrons. The largest absolute Gasteiger partial charge is 0.486 e. The number of benzene rings is 1. The van der Waals surface area contributed by atoms with Gasteiger partial charge in [0.1, 0.15) is 13.2 Å². The molecule has 0 saturated heterocycles. The third-order valence-electron chi connectivity index (χ3n) is 2.74. The first kappa shape index (κ1) is 12.7. The number of hydrogen-bond donors (Lipinski definition) is 1. The molecule has 1 aliphatic rings. The molecule has 0 saturated carbocycles. The average molecular weight is 250 g/mol. The van der Waals surface area contributed by atoms with E-state index < -0.39 is 0 Å². The predicted molar refractivity (Wildman–Crippen MR) is 67.8 cm³/mol. The quantitative estimate of drug-likeness (QED) is 0.852. The van der Waals surface area contributed by atoms with Gasteiger partial charge in [0.15, 0.2) is 11.5 Å². The summed E-state index contributed by atoms with van der Waals surface area (Å²) in [7, 11) is 3.48. The van der Waals surface area contributed by atoms with Crippen LogP contribution in [0.15, 0.2) is 18.2 Å². The molecule has 0 fully saturated rings. The molecule has 1 heterocycles. The van der Waals surface area contributed by atoms with Gasteiger partial charge in [0.25, 0.3) is 0 Å². The van der Waals surface area contributed by atoms with Crippen LogP contribution in [0.3, 0.4) is 0 Å². The fourth-order valence-electron chi connectivity index (χ4n) is 1.74. The number of likely N-dealkylation sites (N-methyl/N-ethyl adjacent to an activating group) is 1. The van der Waals surface area contributed by atoms with Gasteiger partial charge in [-0.2, -0.15) is 0 Å². The Labute approximate surface area is 107 Å². The number of para-hydroxylation sites is 1. The lowest BCUT2D eigenvalue weighted by Gasteiger charge is -2.21. The van der Waals surface area contributed by atoms with Crippen molar-refractivity contribution < 1.29 is 14.3 Å². The van der Waals surface area contributed by atoms with Gasteiger partial charge in [-0.1, -0.05) is 12.1 Å². The van der Waals surface area contributed by atoms with E-state index in [1.807, 2.05) is 18.2 Å². The molecule has 18 heavy (non-hydrogen) atoms. The monoisotopic (exact) mass is 250 g/mol. The van der Waals surface area contributed by atoms with Gasteiger partial charge in [0.2, 0.25) is 5.91 Å². The summed E-state index contributed by atoms with van der Waals surface area (Å²) in [5.74, 6) is 1.62. The molecular weight excluding hydrogens is 232 g/mol. The van der Waals surface area contributed by atoms with Crippen LogP contribution in [-0.4, -0.2) is 44.7 Å². The van der Waals surface area contributed by atoms with Crippen molar-refractivity contribution in [2.24, 2.45) is 0 Å². The SMILES string of the molecule is CN(C)C(=O)CNCc1cccc2c1OCCO2. The van der Waals surface area contributed by atoms with Crippen LogP contribution in [0.5, 0.6) is 11.5 Å². The Balaban J connectivity index is 1.95. The van der Waals surface area contributed by atoms with Crippen LogP contribution in [-0.2, 0) is 11.3 Å². The summed E-state index contributed by atoms with van der Waals surface area (Å²) < 4.78 is 11.1. The van der Waals surface area contributed by atoms with E-state index in [1.54, 1.807) is 19.0 Å². The summed E-state index contributed by atoms with van der Waals surface area (Å²) in [6, 6.07) is 5.79. The van der Waals surface area contributed by atoms with Gasteiger partial charge in [-0.3, -0.25) is 4.79 Å². The third-order valence-corrected chi connectivity index (χ3v) is 2.74. The average Bonchev–Trinajstić information content (AvgIpc) is 2.38. The number of ether oxygens (including phenoxy) is 2. The van der Waals surface area contributed by atoms with E-state index in [-0.39, 0.29) is 5.91 Å². The van der Waals surface area contributed by atoms with Gasteiger partial charge in [-0.15, -0.1) is 0 Å². The summed E-state index contributed by atoms with van der Waals surface area (Å²) in [5.41, 5.74) is 1.01. The molecule has 98 valence electrons. The molecule has 0 aromatic heterocycles. The number of fused-ring (bicyclic) bond motifs is 1. The minimum atomic E-state index is 0.0527. The van der Waals surface area contributed by atoms with Crippen molar-refractivity contribution in [3.8, 4) is 11.5 Å². The van der Waals surface area contributed by atoms with Crippen LogP contribution in [0.4, 0.5) is 0 Å². The Hall–Kier alpha value is -1.75. The molecule has 1 aliphatic heterocycles. The molecule has 1 amide bonds. The van der Waals surface area contributed by atoms with Crippen LogP contribution in [0.25, 0.3) is 0 Å². The highest BCUT2D eigenvalue weighted by atomic mass is 16.6. The zero-order chi connectivity index (χ0) is 13.0. The molecule has 0 bridgehead atoms. The summed E-state index contributed by atoms with van der Waals surface area (Å²) >= 11 is 0. The minimum absolute atomic E-state index is 0.0527. The Morgan fingerprint density at radius 3 is 2.89 bits per heavy atom. The van der Waals surface area contributed by atoms with Crippen LogP contribution < -0.4 is 14.8 Å². The zero-order valence-corrected chi connectivity index (χ0v) is 10.7. The minimum Gasteiger partial charge on any atom is -0.486 e. The number of nitrogens with one attached hydrogen (secondary N) is 1. The van der Waals surface area contributed by atoms with E-state index in [0.29, 0.717) is 26.3 Å². The van der Waals surface area contributed by atoms with Gasteiger partial charge in [0.05, 0.1) is 6.54 Å². The fraction of sp³-hybridized carbons (Fsp3) is 0.462. The second-order valence-electron chi connectivity index (χ2n) is 4.33. The first-order valence-electron chi connectivity index (χ1n) is 5.97. The van der Waals surface area contributed by atoms with E-state index in [4.69, 9.17) is 9.47 Å². The topological polar surface area (TPSA) is 50.8 Å². The predicted octanol–water partition coefficient (Wildman–Crippen LogP) is 0.636. The summed E-state index contributed by atoms with van der Waals surface area (Å²) in [6.07, 6.45) is 0. The second kappa shape index (κ2) is 5.73. The normalized spacial score (nSPS) is 13.2. The van der Waals surface area contributed by atoms with Gasteiger partial charge in [-0.25, -0.2) is 0 Å². The summed E-state index contributed by atoms with van der Waals surface area (Å²) in [6.45, 7) is 2.06. The molecule has 5 heteroatoms. The number of hydrogen-bond acceptors (Lipinski definition) is 4. The maximum absolute atomic E-state index is 11.4. The van der Waals surface area contributed by atoms with Crippen LogP contribution in [0.1, 0.15) is 5.56 Å². The zero-order valence-electron chi connectivity index (χ0n) is 10.7. The number of amides is 1. The fourth-order valence-corrected chi connectivity index (χ4v) is 1.74. The first-order valence-corrected chi connectivity index (χ1v) is 5.97. The molecule has 0 unspecified atom stereocenters. The van der Waals surface area contributed by atoms with Crippen molar-refractivity contribution in [1.29, 1.82) is 0 Å². The van der Waals surface area contributed by atoms with Crippen LogP contribution >= 0.6 is 0 Å². The lowest BCUT2D eigenvalue weighted by Crippen LogP contribution is -2.32. The summed E-state index contributed by atoms with van der Waals surface area (Å²) in [5, 5.41) is 3.11. The van der Waals surface area contributed by atoms with Crippen molar-refractivity contribution in [2.75, 3.05) is 33.9 Å². The molecule has 1 aromatic carbocycles. The van der Waals surface area contributed by atoms with Crippen molar-refractivity contribution >= 4 is 5.91 Å². The Morgan fingerprint density at radius 1 is 1.33 bits per heavy atom. The third kappa shape index (κ3) is 2.92. The number of carbonyl (C=O) groups excluding carboxylic acids is 1. The maximum Gasteiger partial charge on any atom is 0.236 e. The molecule has 0 atom stereocenters. The highest BCUT2D eigenvalue weighted by molar-refractivity contribution is 5.77. The Bertz CT molecular complexity index is 432. The van der Waals surface area contributed by atoms with E-state index >= 15 is 0 Å². The molecule has 2 rings (SSSR count). The van der Waals surface area contributed by atoms with Gasteiger partial charge < -0.3 is 19.7 Å². The van der Waals surface area contributed by atoms with Crippen molar-refractivity contribution in [3.63, 3.8) is 0 Å². The Kier molecular flexibility index (Phi) is 4.04. The lowest BCUT2D eigenvalue weighted by atomic mass is 10.1. The van der Waals surface area contributed by atoms with Crippen LogP contribution in [0.2, 0.25) is 0 Å². The summed E-state index contributed by atoms with van der Waals surface area (Å²) in [4.78, 5) is 13.0. The first-order chi connectivity index (χ1) is 8.68. The highest BCUT2D eigenvalue weighted by Crippen LogP contribution is 2.33. The number of rotatable bonds is 4. The van der Waals surface area contributed by atoms with E-state index in [9.17, 15) is 4.79 Å². The van der Waals surface area contributed by atoms with Gasteiger partial charge >= 0.3 is 0 Å². The maximum atomic E-state index is 11.4. The number of nitrogens with zero attached hydrogens (tertiary/aromatic N) is 1. The molecule has 0 spiro atoms. The van der Waals surface area contributed by atoms with Gasteiger partial charge in [-0.05, 0) is 6.07 Å². The van der Waals surface area contributed by atoms with Crippen molar-refractivity contribution in [3.05, 3.63) is 23.8 Å². The molecule has 1 N–H and O–H groups in total. The van der Waals surface area contributed by atoms with E-state index in [0.717, 1.165) is 17.1 Å². The highest BCUT2D eigenvalue weighted by Gasteiger charge is 2.15. The van der Waals surface area contributed by atoms with Gasteiger partial charge in [0, 0.05) is 26.2 Å². The Morgan fingerprint density at radius 2 is 2.11 bits per heavy atom. The van der Waals surface area contributed by atoms with E-state index in [1.165, 1.54) is 0 Å². The van der Waals surface area contributed by atoms with Crippen molar-refractivity contribution in [1.82, 2.24) is 10.2 Å². The molecular formula is C13H18N2O3. The molecule has 0 aliphatic carbocycles. The van der Waals surface area contributed by atoms with E-state index in [2.05, 4.69) is 5.32 Å². The molecule has 5 nitrogen and oxygen atoms in total. The standard InChI is InChI=1S/C13H18N2O3/c1-15(2)12(16)9-14-8-10-4-3-5-11-13(10)18-7-6-17-11/h3-5,14H,6-9H2,1-2H3. The smallest absolute Gasteiger partial charge is 0.236 e. The number of carbonyl (C=O) groups is 1. The van der Waals surface area contributed by atoms with Crippen molar-refractivity contribution in [2.45, 2.75) is 6.54 Å².